The molecule has 0 amide bonds. The Bertz CT molecular complexity index is 444. The third kappa shape index (κ3) is 2.21. The van der Waals surface area contributed by atoms with Crippen LogP contribution in [0.25, 0.3) is 0 Å². The number of aryl methyl sites for hydroxylation is 2. The van der Waals surface area contributed by atoms with Crippen LogP contribution in [0.3, 0.4) is 0 Å². The van der Waals surface area contributed by atoms with Gasteiger partial charge in [-0.2, -0.15) is 0 Å². The number of thiazole rings is 1. The lowest BCUT2D eigenvalue weighted by atomic mass is 9.99. The molecule has 1 saturated heterocycles. The normalized spacial score (nSPS) is 25.4. The van der Waals surface area contributed by atoms with Crippen molar-refractivity contribution in [2.24, 2.45) is 0 Å². The van der Waals surface area contributed by atoms with Crippen LogP contribution in [0.15, 0.2) is 0 Å². The number of carboxylic acid groups (broad SMARTS) is 1. The maximum atomic E-state index is 11.4. The van der Waals surface area contributed by atoms with Crippen LogP contribution < -0.4 is 0 Å². The summed E-state index contributed by atoms with van der Waals surface area (Å²) in [7, 11) is 0. The van der Waals surface area contributed by atoms with Gasteiger partial charge in [0.2, 0.25) is 0 Å². The molecule has 2 rings (SSSR count). The molecule has 94 valence electrons. The predicted octanol–water partition coefficient (Wildman–Crippen LogP) is 2.20. The summed E-state index contributed by atoms with van der Waals surface area (Å²) in [5.41, 5.74) is 0.330. The average Bonchev–Trinajstić information content (AvgIpc) is 2.74. The molecule has 0 radical (unpaired) electrons. The summed E-state index contributed by atoms with van der Waals surface area (Å²) in [4.78, 5) is 19.0. The first kappa shape index (κ1) is 12.5. The molecular weight excluding hydrogens is 236 g/mol. The zero-order chi connectivity index (χ0) is 12.6. The van der Waals surface area contributed by atoms with Gasteiger partial charge in [0.25, 0.3) is 0 Å². The Morgan fingerprint density at radius 1 is 1.59 bits per heavy atom. The fraction of sp³-hybridized carbons (Fsp3) is 0.667. The van der Waals surface area contributed by atoms with E-state index < -0.39 is 11.5 Å². The van der Waals surface area contributed by atoms with Gasteiger partial charge in [-0.15, -0.1) is 11.3 Å². The molecular formula is C12H18N2O2S. The topological polar surface area (TPSA) is 53.4 Å². The molecule has 5 heteroatoms. The molecule has 1 N–H and O–H groups in total. The standard InChI is InChI=1S/C12H18N2O2S/c1-8-10(17-9(2)13-8)7-14-6-4-5-12(14,3)11(15)16/h4-7H2,1-3H3,(H,15,16). The van der Waals surface area contributed by atoms with Gasteiger partial charge in [-0.1, -0.05) is 0 Å². The zero-order valence-corrected chi connectivity index (χ0v) is 11.3. The number of aliphatic carboxylic acids is 1. The van der Waals surface area contributed by atoms with Crippen molar-refractivity contribution in [3.8, 4) is 0 Å². The molecule has 1 fully saturated rings. The number of carbonyl (C=O) groups is 1. The lowest BCUT2D eigenvalue weighted by Crippen LogP contribution is -2.47. The SMILES string of the molecule is Cc1nc(C)c(CN2CCCC2(C)C(=O)O)s1. The highest BCUT2D eigenvalue weighted by atomic mass is 32.1. The number of likely N-dealkylation sites (tertiary alicyclic amines) is 1. The van der Waals surface area contributed by atoms with Gasteiger partial charge in [-0.25, -0.2) is 4.98 Å². The van der Waals surface area contributed by atoms with Crippen molar-refractivity contribution >= 4 is 17.3 Å². The molecule has 0 aliphatic carbocycles. The molecule has 4 nitrogen and oxygen atoms in total. The van der Waals surface area contributed by atoms with Crippen molar-refractivity contribution < 1.29 is 9.90 Å². The van der Waals surface area contributed by atoms with Crippen LogP contribution in [0.5, 0.6) is 0 Å². The highest BCUT2D eigenvalue weighted by Gasteiger charge is 2.43. The van der Waals surface area contributed by atoms with E-state index in [9.17, 15) is 9.90 Å². The largest absolute Gasteiger partial charge is 0.480 e. The minimum absolute atomic E-state index is 0.704. The van der Waals surface area contributed by atoms with Gasteiger partial charge in [0.05, 0.1) is 10.7 Å². The smallest absolute Gasteiger partial charge is 0.323 e. The highest BCUT2D eigenvalue weighted by Crippen LogP contribution is 2.32. The van der Waals surface area contributed by atoms with Crippen molar-refractivity contribution in [2.45, 2.75) is 45.7 Å². The van der Waals surface area contributed by atoms with Gasteiger partial charge < -0.3 is 5.11 Å². The number of hydrogen-bond acceptors (Lipinski definition) is 4. The zero-order valence-electron chi connectivity index (χ0n) is 10.5. The van der Waals surface area contributed by atoms with E-state index in [-0.39, 0.29) is 0 Å². The Morgan fingerprint density at radius 2 is 2.29 bits per heavy atom. The highest BCUT2D eigenvalue weighted by molar-refractivity contribution is 7.11. The van der Waals surface area contributed by atoms with Gasteiger partial charge in [-0.3, -0.25) is 9.69 Å². The van der Waals surface area contributed by atoms with Crippen molar-refractivity contribution in [2.75, 3.05) is 6.54 Å². The molecule has 0 saturated carbocycles. The van der Waals surface area contributed by atoms with Crippen LogP contribution >= 0.6 is 11.3 Å². The van der Waals surface area contributed by atoms with Crippen molar-refractivity contribution in [3.05, 3.63) is 15.6 Å². The summed E-state index contributed by atoms with van der Waals surface area (Å²) in [5.74, 6) is -0.714. The van der Waals surface area contributed by atoms with Crippen molar-refractivity contribution in [1.82, 2.24) is 9.88 Å². The van der Waals surface area contributed by atoms with E-state index in [1.807, 2.05) is 20.8 Å². The second kappa shape index (κ2) is 4.38. The maximum absolute atomic E-state index is 11.4. The number of rotatable bonds is 3. The summed E-state index contributed by atoms with van der Waals surface area (Å²) in [6.45, 7) is 7.37. The van der Waals surface area contributed by atoms with Gasteiger partial charge in [0.15, 0.2) is 0 Å². The van der Waals surface area contributed by atoms with E-state index in [4.69, 9.17) is 0 Å². The van der Waals surface area contributed by atoms with E-state index in [0.29, 0.717) is 6.54 Å². The van der Waals surface area contributed by atoms with Crippen LogP contribution in [0, 0.1) is 13.8 Å². The molecule has 1 aliphatic heterocycles. The number of hydrogen-bond donors (Lipinski definition) is 1. The Labute approximate surface area is 105 Å². The van der Waals surface area contributed by atoms with E-state index >= 15 is 0 Å². The molecule has 1 aromatic rings. The van der Waals surface area contributed by atoms with Gasteiger partial charge in [0.1, 0.15) is 5.54 Å². The summed E-state index contributed by atoms with van der Waals surface area (Å²) in [6.07, 6.45) is 1.69. The summed E-state index contributed by atoms with van der Waals surface area (Å²) < 4.78 is 0. The van der Waals surface area contributed by atoms with E-state index in [1.165, 1.54) is 4.88 Å². The van der Waals surface area contributed by atoms with Crippen LogP contribution in [0.1, 0.15) is 35.3 Å². The first-order chi connectivity index (χ1) is 7.93. The van der Waals surface area contributed by atoms with Crippen molar-refractivity contribution in [3.63, 3.8) is 0 Å². The summed E-state index contributed by atoms with van der Waals surface area (Å²) in [5, 5.41) is 10.4. The second-order valence-electron chi connectivity index (χ2n) is 4.85. The molecule has 1 aliphatic rings. The summed E-state index contributed by atoms with van der Waals surface area (Å²) >= 11 is 1.67. The van der Waals surface area contributed by atoms with Gasteiger partial charge in [0, 0.05) is 11.4 Å². The number of nitrogens with zero attached hydrogens (tertiary/aromatic N) is 2. The molecule has 2 heterocycles. The third-order valence-electron chi connectivity index (χ3n) is 3.58. The fourth-order valence-corrected chi connectivity index (χ4v) is 3.36. The molecule has 1 aromatic heterocycles. The van der Waals surface area contributed by atoms with E-state index in [1.54, 1.807) is 11.3 Å². The number of carboxylic acids is 1. The molecule has 0 spiro atoms. The Morgan fingerprint density at radius 3 is 2.82 bits per heavy atom. The van der Waals surface area contributed by atoms with Crippen LogP contribution in [-0.4, -0.2) is 33.0 Å². The Balaban J connectivity index is 2.19. The first-order valence-corrected chi connectivity index (χ1v) is 6.66. The minimum atomic E-state index is -0.714. The molecule has 1 atom stereocenters. The van der Waals surface area contributed by atoms with Gasteiger partial charge in [-0.05, 0) is 40.2 Å². The van der Waals surface area contributed by atoms with Crippen LogP contribution in [0.4, 0.5) is 0 Å². The van der Waals surface area contributed by atoms with E-state index in [0.717, 1.165) is 30.1 Å². The Kier molecular flexibility index (Phi) is 3.23. The first-order valence-electron chi connectivity index (χ1n) is 5.85. The molecule has 17 heavy (non-hydrogen) atoms. The maximum Gasteiger partial charge on any atom is 0.323 e. The quantitative estimate of drug-likeness (QED) is 0.898. The molecule has 0 aromatic carbocycles. The number of aromatic nitrogens is 1. The summed E-state index contributed by atoms with van der Waals surface area (Å²) in [6, 6.07) is 0. The molecule has 0 bridgehead atoms. The van der Waals surface area contributed by atoms with E-state index in [2.05, 4.69) is 9.88 Å². The predicted molar refractivity (Wildman–Crippen MR) is 67.3 cm³/mol. The third-order valence-corrected chi connectivity index (χ3v) is 4.64. The van der Waals surface area contributed by atoms with Crippen LogP contribution in [0.2, 0.25) is 0 Å². The minimum Gasteiger partial charge on any atom is -0.480 e. The van der Waals surface area contributed by atoms with Crippen LogP contribution in [-0.2, 0) is 11.3 Å². The average molecular weight is 254 g/mol. The lowest BCUT2D eigenvalue weighted by molar-refractivity contribution is -0.148. The monoisotopic (exact) mass is 254 g/mol. The lowest BCUT2D eigenvalue weighted by Gasteiger charge is -2.30. The fourth-order valence-electron chi connectivity index (χ4n) is 2.41. The van der Waals surface area contributed by atoms with Crippen molar-refractivity contribution in [1.29, 1.82) is 0 Å². The second-order valence-corrected chi connectivity index (χ2v) is 6.13. The molecule has 1 unspecified atom stereocenters. The Hall–Kier alpha value is -0.940. The van der Waals surface area contributed by atoms with Gasteiger partial charge >= 0.3 is 5.97 Å².